The van der Waals surface area contributed by atoms with Gasteiger partial charge in [0.2, 0.25) is 0 Å². The molecule has 0 radical (unpaired) electrons. The van der Waals surface area contributed by atoms with E-state index in [4.69, 9.17) is 0 Å². The fourth-order valence-electron chi connectivity index (χ4n) is 1.15. The Morgan fingerprint density at radius 3 is 3.00 bits per heavy atom. The predicted molar refractivity (Wildman–Crippen MR) is 46.0 cm³/mol. The molecule has 14 heavy (non-hydrogen) atoms. The number of rotatable bonds is 1. The molecule has 2 rings (SSSR count). The van der Waals surface area contributed by atoms with Gasteiger partial charge in [-0.25, -0.2) is 9.78 Å². The first-order valence-electron chi connectivity index (χ1n) is 3.73. The lowest BCUT2D eigenvalue weighted by molar-refractivity contribution is -0.385. The zero-order valence-electron chi connectivity index (χ0n) is 7.10. The van der Waals surface area contributed by atoms with Gasteiger partial charge in [-0.3, -0.25) is 15.1 Å². The van der Waals surface area contributed by atoms with Gasteiger partial charge < -0.3 is 4.42 Å². The van der Waals surface area contributed by atoms with Gasteiger partial charge in [0.05, 0.1) is 11.0 Å². The molecular weight excluding hydrogens is 190 g/mol. The lowest BCUT2D eigenvalue weighted by Gasteiger charge is -1.94. The summed E-state index contributed by atoms with van der Waals surface area (Å²) in [6, 6.07) is 1.18. The van der Waals surface area contributed by atoms with Crippen LogP contribution in [0, 0.1) is 17.0 Å². The lowest BCUT2D eigenvalue weighted by atomic mass is 10.3. The maximum absolute atomic E-state index is 10.7. The number of hydrogen-bond acceptors (Lipinski definition) is 5. The SMILES string of the molecule is Cc1nc2[nH]c(=O)oc2cc1[N+](=O)[O-]. The van der Waals surface area contributed by atoms with Crippen molar-refractivity contribution in [2.45, 2.75) is 6.92 Å². The fourth-order valence-corrected chi connectivity index (χ4v) is 1.15. The Bertz CT molecular complexity index is 568. The molecule has 0 bridgehead atoms. The van der Waals surface area contributed by atoms with Gasteiger partial charge >= 0.3 is 5.76 Å². The number of aromatic nitrogens is 2. The van der Waals surface area contributed by atoms with Crippen LogP contribution in [0.4, 0.5) is 5.69 Å². The summed E-state index contributed by atoms with van der Waals surface area (Å²) in [4.78, 5) is 26.8. The number of oxazole rings is 1. The normalized spacial score (nSPS) is 10.6. The molecule has 0 aliphatic rings. The van der Waals surface area contributed by atoms with Crippen molar-refractivity contribution in [3.8, 4) is 0 Å². The van der Waals surface area contributed by atoms with Crippen LogP contribution < -0.4 is 5.76 Å². The molecular formula is C7H5N3O4. The number of aryl methyl sites for hydroxylation is 1. The average Bonchev–Trinajstić information content (AvgIpc) is 2.42. The summed E-state index contributed by atoms with van der Waals surface area (Å²) in [7, 11) is 0. The minimum Gasteiger partial charge on any atom is -0.406 e. The molecule has 0 unspecified atom stereocenters. The Morgan fingerprint density at radius 2 is 2.36 bits per heavy atom. The number of aromatic amines is 1. The van der Waals surface area contributed by atoms with Gasteiger partial charge in [0, 0.05) is 0 Å². The number of nitro groups is 1. The Morgan fingerprint density at radius 1 is 1.64 bits per heavy atom. The van der Waals surface area contributed by atoms with Crippen LogP contribution in [0.5, 0.6) is 0 Å². The first-order valence-corrected chi connectivity index (χ1v) is 3.73. The smallest absolute Gasteiger partial charge is 0.406 e. The van der Waals surface area contributed by atoms with Gasteiger partial charge in [-0.2, -0.15) is 0 Å². The molecule has 0 atom stereocenters. The molecule has 0 spiro atoms. The van der Waals surface area contributed by atoms with E-state index in [1.165, 1.54) is 13.0 Å². The molecule has 0 amide bonds. The van der Waals surface area contributed by atoms with E-state index in [-0.39, 0.29) is 22.6 Å². The van der Waals surface area contributed by atoms with E-state index in [9.17, 15) is 14.9 Å². The summed E-state index contributed by atoms with van der Waals surface area (Å²) in [6.07, 6.45) is 0. The topological polar surface area (TPSA) is 102 Å². The van der Waals surface area contributed by atoms with E-state index in [0.717, 1.165) is 0 Å². The molecule has 0 fully saturated rings. The van der Waals surface area contributed by atoms with Gasteiger partial charge in [-0.15, -0.1) is 0 Å². The first kappa shape index (κ1) is 8.42. The van der Waals surface area contributed by atoms with Crippen molar-refractivity contribution >= 4 is 16.9 Å². The van der Waals surface area contributed by atoms with E-state index in [1.54, 1.807) is 0 Å². The van der Waals surface area contributed by atoms with Gasteiger partial charge in [-0.1, -0.05) is 0 Å². The van der Waals surface area contributed by atoms with Crippen molar-refractivity contribution in [1.82, 2.24) is 9.97 Å². The number of hydrogen-bond donors (Lipinski definition) is 1. The largest absolute Gasteiger partial charge is 0.418 e. The van der Waals surface area contributed by atoms with Crippen molar-refractivity contribution in [1.29, 1.82) is 0 Å². The summed E-state index contributed by atoms with van der Waals surface area (Å²) in [5.41, 5.74) is 0.380. The van der Waals surface area contributed by atoms with Crippen LogP contribution in [0.15, 0.2) is 15.3 Å². The summed E-state index contributed by atoms with van der Waals surface area (Å²) in [6.45, 7) is 1.49. The van der Waals surface area contributed by atoms with Gasteiger partial charge in [0.25, 0.3) is 5.69 Å². The monoisotopic (exact) mass is 195 g/mol. The summed E-state index contributed by atoms with van der Waals surface area (Å²) in [5, 5.41) is 10.5. The van der Waals surface area contributed by atoms with Crippen molar-refractivity contribution < 1.29 is 9.34 Å². The number of nitrogens with zero attached hydrogens (tertiary/aromatic N) is 2. The Labute approximate surface area is 76.5 Å². The van der Waals surface area contributed by atoms with Crippen molar-refractivity contribution in [2.75, 3.05) is 0 Å². The molecule has 7 nitrogen and oxygen atoms in total. The molecule has 7 heteroatoms. The second-order valence-electron chi connectivity index (χ2n) is 2.71. The number of H-pyrrole nitrogens is 1. The van der Waals surface area contributed by atoms with Gasteiger partial charge in [-0.05, 0) is 6.92 Å². The van der Waals surface area contributed by atoms with Crippen LogP contribution in [0.25, 0.3) is 11.2 Å². The Hall–Kier alpha value is -2.18. The van der Waals surface area contributed by atoms with Crippen LogP contribution >= 0.6 is 0 Å². The third kappa shape index (κ3) is 1.15. The summed E-state index contributed by atoms with van der Waals surface area (Å²) in [5.74, 6) is -0.674. The van der Waals surface area contributed by atoms with E-state index >= 15 is 0 Å². The standard InChI is InChI=1S/C7H5N3O4/c1-3-4(10(12)13)2-5-6(8-3)9-7(11)14-5/h2H,1H3,(H,8,9,11). The zero-order valence-corrected chi connectivity index (χ0v) is 7.10. The molecule has 0 saturated carbocycles. The highest BCUT2D eigenvalue weighted by atomic mass is 16.6. The van der Waals surface area contributed by atoms with Gasteiger partial charge in [0.1, 0.15) is 5.69 Å². The van der Waals surface area contributed by atoms with Crippen LogP contribution in [-0.2, 0) is 0 Å². The molecule has 0 aromatic carbocycles. The quantitative estimate of drug-likeness (QED) is 0.533. The van der Waals surface area contributed by atoms with Gasteiger partial charge in [0.15, 0.2) is 11.2 Å². The zero-order chi connectivity index (χ0) is 10.3. The molecule has 0 saturated heterocycles. The molecule has 72 valence electrons. The van der Waals surface area contributed by atoms with Crippen LogP contribution in [-0.4, -0.2) is 14.9 Å². The first-order chi connectivity index (χ1) is 6.58. The maximum atomic E-state index is 10.7. The molecule has 1 N–H and O–H groups in total. The highest BCUT2D eigenvalue weighted by Crippen LogP contribution is 2.19. The number of nitrogens with one attached hydrogen (secondary N) is 1. The van der Waals surface area contributed by atoms with E-state index < -0.39 is 10.7 Å². The van der Waals surface area contributed by atoms with E-state index in [1.807, 2.05) is 0 Å². The van der Waals surface area contributed by atoms with E-state index in [0.29, 0.717) is 0 Å². The molecule has 0 aliphatic carbocycles. The van der Waals surface area contributed by atoms with Crippen LogP contribution in [0.3, 0.4) is 0 Å². The molecule has 2 aromatic rings. The molecule has 2 aromatic heterocycles. The Balaban J connectivity index is 2.82. The third-order valence-corrected chi connectivity index (χ3v) is 1.77. The van der Waals surface area contributed by atoms with Crippen LogP contribution in [0.2, 0.25) is 0 Å². The summed E-state index contributed by atoms with van der Waals surface area (Å²) >= 11 is 0. The molecule has 0 aliphatic heterocycles. The predicted octanol–water partition coefficient (Wildman–Crippen LogP) is 0.733. The highest BCUT2D eigenvalue weighted by molar-refractivity contribution is 5.71. The molecule has 2 heterocycles. The highest BCUT2D eigenvalue weighted by Gasteiger charge is 2.15. The van der Waals surface area contributed by atoms with Crippen molar-refractivity contribution in [3.63, 3.8) is 0 Å². The minimum atomic E-state index is -0.674. The maximum Gasteiger partial charge on any atom is 0.418 e. The number of pyridine rings is 1. The number of fused-ring (bicyclic) bond motifs is 1. The average molecular weight is 195 g/mol. The van der Waals surface area contributed by atoms with E-state index in [2.05, 4.69) is 14.4 Å². The lowest BCUT2D eigenvalue weighted by Crippen LogP contribution is -1.95. The second-order valence-corrected chi connectivity index (χ2v) is 2.71. The fraction of sp³-hybridized carbons (Fsp3) is 0.143. The minimum absolute atomic E-state index is 0.0901. The van der Waals surface area contributed by atoms with Crippen molar-refractivity contribution in [2.24, 2.45) is 0 Å². The third-order valence-electron chi connectivity index (χ3n) is 1.77. The van der Waals surface area contributed by atoms with Crippen molar-refractivity contribution in [3.05, 3.63) is 32.4 Å². The summed E-state index contributed by atoms with van der Waals surface area (Å²) < 4.78 is 4.64. The Kier molecular flexibility index (Phi) is 1.60. The van der Waals surface area contributed by atoms with Crippen LogP contribution in [0.1, 0.15) is 5.69 Å². The second kappa shape index (κ2) is 2.66.